The Hall–Kier alpha value is -1.67. The number of likely N-dealkylation sites (N-methyl/N-ethyl adjacent to an activating group) is 1. The van der Waals surface area contributed by atoms with Gasteiger partial charge in [0.05, 0.1) is 0 Å². The van der Waals surface area contributed by atoms with E-state index in [-0.39, 0.29) is 11.9 Å². The number of hydrogen-bond donors (Lipinski definition) is 1. The highest BCUT2D eigenvalue weighted by atomic mass is 19.1. The number of hydrogen-bond acceptors (Lipinski definition) is 1. The maximum atomic E-state index is 14.1. The molecule has 106 valence electrons. The zero-order valence-corrected chi connectivity index (χ0v) is 12.6. The molecule has 0 amide bonds. The van der Waals surface area contributed by atoms with Gasteiger partial charge in [0.25, 0.3) is 0 Å². The van der Waals surface area contributed by atoms with Gasteiger partial charge >= 0.3 is 0 Å². The fourth-order valence-corrected chi connectivity index (χ4v) is 2.67. The molecule has 0 aliphatic rings. The lowest BCUT2D eigenvalue weighted by Crippen LogP contribution is -2.21. The molecule has 1 unspecified atom stereocenters. The van der Waals surface area contributed by atoms with E-state index in [4.69, 9.17) is 0 Å². The zero-order chi connectivity index (χ0) is 14.7. The van der Waals surface area contributed by atoms with E-state index in [0.29, 0.717) is 0 Å². The molecule has 1 nitrogen and oxygen atoms in total. The first-order chi connectivity index (χ1) is 9.52. The molecule has 0 heterocycles. The Morgan fingerprint density at radius 2 is 1.70 bits per heavy atom. The highest BCUT2D eigenvalue weighted by Gasteiger charge is 2.16. The van der Waals surface area contributed by atoms with Crippen molar-refractivity contribution in [2.75, 3.05) is 7.05 Å². The summed E-state index contributed by atoms with van der Waals surface area (Å²) in [6, 6.07) is 11.6. The first kappa shape index (κ1) is 14.7. The van der Waals surface area contributed by atoms with Crippen molar-refractivity contribution < 1.29 is 4.39 Å². The van der Waals surface area contributed by atoms with Crippen LogP contribution in [0.1, 0.15) is 33.9 Å². The second-order valence-electron chi connectivity index (χ2n) is 5.44. The molecule has 0 aliphatic heterocycles. The minimum Gasteiger partial charge on any atom is -0.313 e. The van der Waals surface area contributed by atoms with E-state index < -0.39 is 0 Å². The van der Waals surface area contributed by atoms with Gasteiger partial charge in [-0.05, 0) is 57.0 Å². The first-order valence-electron chi connectivity index (χ1n) is 7.01. The first-order valence-corrected chi connectivity index (χ1v) is 7.01. The summed E-state index contributed by atoms with van der Waals surface area (Å²) in [7, 11) is 1.89. The lowest BCUT2D eigenvalue weighted by atomic mass is 9.92. The van der Waals surface area contributed by atoms with Gasteiger partial charge in [-0.1, -0.05) is 35.9 Å². The van der Waals surface area contributed by atoms with E-state index in [0.717, 1.165) is 17.5 Å². The Balaban J connectivity index is 2.36. The van der Waals surface area contributed by atoms with Crippen LogP contribution in [0.4, 0.5) is 4.39 Å². The van der Waals surface area contributed by atoms with Gasteiger partial charge in [0, 0.05) is 11.6 Å². The molecular formula is C18H22FN. The SMILES string of the molecule is CNC(Cc1c(C)cccc1C)c1cc(C)ccc1F. The summed E-state index contributed by atoms with van der Waals surface area (Å²) in [5.74, 6) is -0.138. The van der Waals surface area contributed by atoms with Crippen LogP contribution in [0.5, 0.6) is 0 Å². The molecule has 2 aromatic rings. The van der Waals surface area contributed by atoms with E-state index >= 15 is 0 Å². The van der Waals surface area contributed by atoms with E-state index in [2.05, 4.69) is 37.4 Å². The molecule has 1 atom stereocenters. The fraction of sp³-hybridized carbons (Fsp3) is 0.333. The number of halogens is 1. The van der Waals surface area contributed by atoms with Crippen molar-refractivity contribution in [1.29, 1.82) is 0 Å². The Morgan fingerprint density at radius 1 is 1.05 bits per heavy atom. The minimum absolute atomic E-state index is 0.00491. The van der Waals surface area contributed by atoms with Crippen LogP contribution >= 0.6 is 0 Å². The summed E-state index contributed by atoms with van der Waals surface area (Å²) in [4.78, 5) is 0. The molecule has 20 heavy (non-hydrogen) atoms. The lowest BCUT2D eigenvalue weighted by molar-refractivity contribution is 0.532. The number of rotatable bonds is 4. The summed E-state index contributed by atoms with van der Waals surface area (Å²) in [5.41, 5.74) is 5.66. The van der Waals surface area contributed by atoms with Crippen molar-refractivity contribution in [3.8, 4) is 0 Å². The second kappa shape index (κ2) is 6.19. The molecule has 0 saturated heterocycles. The van der Waals surface area contributed by atoms with Crippen LogP contribution in [-0.2, 0) is 6.42 Å². The maximum absolute atomic E-state index is 14.1. The Kier molecular flexibility index (Phi) is 4.56. The van der Waals surface area contributed by atoms with Crippen molar-refractivity contribution >= 4 is 0 Å². The van der Waals surface area contributed by atoms with Crippen molar-refractivity contribution in [3.05, 3.63) is 70.0 Å². The predicted octanol–water partition coefficient (Wildman–Crippen LogP) is 4.25. The van der Waals surface area contributed by atoms with Crippen LogP contribution < -0.4 is 5.32 Å². The van der Waals surface area contributed by atoms with Crippen LogP contribution in [0.3, 0.4) is 0 Å². The smallest absolute Gasteiger partial charge is 0.128 e. The van der Waals surface area contributed by atoms with E-state index in [1.807, 2.05) is 26.1 Å². The molecule has 2 rings (SSSR count). The predicted molar refractivity (Wildman–Crippen MR) is 82.6 cm³/mol. The Labute approximate surface area is 120 Å². The van der Waals surface area contributed by atoms with Crippen LogP contribution in [-0.4, -0.2) is 7.05 Å². The maximum Gasteiger partial charge on any atom is 0.128 e. The average Bonchev–Trinajstić information content (AvgIpc) is 2.42. The van der Waals surface area contributed by atoms with Crippen LogP contribution in [0.25, 0.3) is 0 Å². The third-order valence-electron chi connectivity index (χ3n) is 3.93. The topological polar surface area (TPSA) is 12.0 Å². The molecule has 0 radical (unpaired) electrons. The van der Waals surface area contributed by atoms with Gasteiger partial charge in [-0.15, -0.1) is 0 Å². The van der Waals surface area contributed by atoms with Crippen molar-refractivity contribution in [3.63, 3.8) is 0 Å². The molecule has 0 bridgehead atoms. The standard InChI is InChI=1S/C18H22FN/c1-12-8-9-17(19)16(10-12)18(20-4)11-15-13(2)6-5-7-14(15)3/h5-10,18,20H,11H2,1-4H3. The molecule has 0 aromatic heterocycles. The average molecular weight is 271 g/mol. The Morgan fingerprint density at radius 3 is 2.30 bits per heavy atom. The third kappa shape index (κ3) is 3.07. The summed E-state index contributed by atoms with van der Waals surface area (Å²) < 4.78 is 14.1. The largest absolute Gasteiger partial charge is 0.313 e. The molecule has 1 N–H and O–H groups in total. The highest BCUT2D eigenvalue weighted by Crippen LogP contribution is 2.25. The number of nitrogens with one attached hydrogen (secondary N) is 1. The number of benzene rings is 2. The minimum atomic E-state index is -0.138. The van der Waals surface area contributed by atoms with Gasteiger partial charge in [-0.2, -0.15) is 0 Å². The van der Waals surface area contributed by atoms with Gasteiger partial charge in [0.2, 0.25) is 0 Å². The van der Waals surface area contributed by atoms with Gasteiger partial charge < -0.3 is 5.32 Å². The highest BCUT2D eigenvalue weighted by molar-refractivity contribution is 5.36. The van der Waals surface area contributed by atoms with Gasteiger partial charge in [0.1, 0.15) is 5.82 Å². The fourth-order valence-electron chi connectivity index (χ4n) is 2.67. The second-order valence-corrected chi connectivity index (χ2v) is 5.44. The van der Waals surface area contributed by atoms with E-state index in [1.54, 1.807) is 6.07 Å². The summed E-state index contributed by atoms with van der Waals surface area (Å²) in [5, 5.41) is 3.25. The summed E-state index contributed by atoms with van der Waals surface area (Å²) in [6.07, 6.45) is 0.801. The van der Waals surface area contributed by atoms with Crippen molar-refractivity contribution in [2.24, 2.45) is 0 Å². The normalized spacial score (nSPS) is 12.4. The van der Waals surface area contributed by atoms with Gasteiger partial charge in [-0.25, -0.2) is 4.39 Å². The Bertz CT molecular complexity index is 584. The monoisotopic (exact) mass is 271 g/mol. The third-order valence-corrected chi connectivity index (χ3v) is 3.93. The molecular weight excluding hydrogens is 249 g/mol. The molecule has 0 aliphatic carbocycles. The molecule has 2 heteroatoms. The van der Waals surface area contributed by atoms with Gasteiger partial charge in [0.15, 0.2) is 0 Å². The lowest BCUT2D eigenvalue weighted by Gasteiger charge is -2.20. The van der Waals surface area contributed by atoms with E-state index in [1.165, 1.54) is 16.7 Å². The van der Waals surface area contributed by atoms with Crippen LogP contribution in [0.2, 0.25) is 0 Å². The number of aryl methyl sites for hydroxylation is 3. The quantitative estimate of drug-likeness (QED) is 0.876. The molecule has 0 spiro atoms. The molecule has 0 saturated carbocycles. The van der Waals surface area contributed by atoms with Crippen LogP contribution in [0.15, 0.2) is 36.4 Å². The molecule has 2 aromatic carbocycles. The summed E-state index contributed by atoms with van der Waals surface area (Å²) >= 11 is 0. The molecule has 0 fully saturated rings. The van der Waals surface area contributed by atoms with Crippen molar-refractivity contribution in [1.82, 2.24) is 5.32 Å². The van der Waals surface area contributed by atoms with Crippen molar-refractivity contribution in [2.45, 2.75) is 33.2 Å². The summed E-state index contributed by atoms with van der Waals surface area (Å²) in [6.45, 7) is 6.22. The zero-order valence-electron chi connectivity index (χ0n) is 12.6. The van der Waals surface area contributed by atoms with Gasteiger partial charge in [-0.3, -0.25) is 0 Å². The van der Waals surface area contributed by atoms with Crippen LogP contribution in [0, 0.1) is 26.6 Å². The van der Waals surface area contributed by atoms with E-state index in [9.17, 15) is 4.39 Å².